The van der Waals surface area contributed by atoms with Crippen molar-refractivity contribution in [2.75, 3.05) is 0 Å². The number of hydrogen-bond acceptors (Lipinski definition) is 0. The first kappa shape index (κ1) is 9.09. The van der Waals surface area contributed by atoms with Crippen LogP contribution in [0.2, 0.25) is 0 Å². The normalized spacial score (nSPS) is 27.5. The van der Waals surface area contributed by atoms with Gasteiger partial charge in [0.15, 0.2) is 0 Å². The van der Waals surface area contributed by atoms with Crippen molar-refractivity contribution in [3.63, 3.8) is 0 Å². The molecule has 0 N–H and O–H groups in total. The Morgan fingerprint density at radius 1 is 1.36 bits per heavy atom. The Morgan fingerprint density at radius 2 is 1.91 bits per heavy atom. The second-order valence-electron chi connectivity index (χ2n) is 5.21. The van der Waals surface area contributed by atoms with E-state index >= 15 is 0 Å². The van der Waals surface area contributed by atoms with Gasteiger partial charge in [-0.05, 0) is 30.1 Å². The van der Waals surface area contributed by atoms with Crippen molar-refractivity contribution < 1.29 is 0 Å². The van der Waals surface area contributed by atoms with Crippen LogP contribution >= 0.6 is 0 Å². The first-order valence-electron chi connectivity index (χ1n) is 5.02. The minimum atomic E-state index is 0.705. The summed E-state index contributed by atoms with van der Waals surface area (Å²) in [6, 6.07) is 0. The number of rotatable bonds is 4. The molecule has 11 heavy (non-hydrogen) atoms. The molecule has 1 atom stereocenters. The van der Waals surface area contributed by atoms with E-state index in [1.807, 2.05) is 0 Å². The summed E-state index contributed by atoms with van der Waals surface area (Å²) in [7, 11) is 0. The molecule has 1 rings (SSSR count). The topological polar surface area (TPSA) is 0 Å². The molecule has 0 heteroatoms. The predicted octanol–water partition coefficient (Wildman–Crippen LogP) is 3.86. The van der Waals surface area contributed by atoms with Gasteiger partial charge in [-0.3, -0.25) is 0 Å². The summed E-state index contributed by atoms with van der Waals surface area (Å²) in [5.41, 5.74) is 0.705. The van der Waals surface area contributed by atoms with Gasteiger partial charge in [-0.2, -0.15) is 0 Å². The first-order valence-corrected chi connectivity index (χ1v) is 5.02. The van der Waals surface area contributed by atoms with Crippen LogP contribution in [0.4, 0.5) is 0 Å². The second kappa shape index (κ2) is 3.16. The van der Waals surface area contributed by atoms with Crippen LogP contribution < -0.4 is 0 Å². The SMILES string of the molecule is CC(C)CCCC1CC1(C)C. The van der Waals surface area contributed by atoms with E-state index in [2.05, 4.69) is 27.7 Å². The quantitative estimate of drug-likeness (QED) is 0.577. The van der Waals surface area contributed by atoms with Gasteiger partial charge >= 0.3 is 0 Å². The Morgan fingerprint density at radius 3 is 2.27 bits per heavy atom. The summed E-state index contributed by atoms with van der Waals surface area (Å²) in [6.07, 6.45) is 5.83. The third kappa shape index (κ3) is 2.84. The van der Waals surface area contributed by atoms with E-state index in [4.69, 9.17) is 0 Å². The van der Waals surface area contributed by atoms with E-state index in [0.29, 0.717) is 5.41 Å². The van der Waals surface area contributed by atoms with Crippen LogP contribution in [0.1, 0.15) is 53.4 Å². The third-order valence-corrected chi connectivity index (χ3v) is 3.05. The van der Waals surface area contributed by atoms with Crippen LogP contribution in [-0.2, 0) is 0 Å². The highest BCUT2D eigenvalue weighted by Gasteiger charge is 2.44. The number of hydrogen-bond donors (Lipinski definition) is 0. The third-order valence-electron chi connectivity index (χ3n) is 3.05. The van der Waals surface area contributed by atoms with E-state index in [0.717, 1.165) is 11.8 Å². The van der Waals surface area contributed by atoms with Gasteiger partial charge in [0.05, 0.1) is 0 Å². The van der Waals surface area contributed by atoms with Crippen molar-refractivity contribution in [2.24, 2.45) is 17.3 Å². The Hall–Kier alpha value is 0. The van der Waals surface area contributed by atoms with Crippen molar-refractivity contribution >= 4 is 0 Å². The summed E-state index contributed by atoms with van der Waals surface area (Å²) in [5, 5.41) is 0. The highest BCUT2D eigenvalue weighted by atomic mass is 14.5. The molecule has 0 aromatic rings. The van der Waals surface area contributed by atoms with E-state index < -0.39 is 0 Å². The minimum absolute atomic E-state index is 0.705. The lowest BCUT2D eigenvalue weighted by atomic mass is 10.0. The smallest absolute Gasteiger partial charge is 0.0323 e. The molecule has 0 heterocycles. The summed E-state index contributed by atoms with van der Waals surface area (Å²) in [5.74, 6) is 1.96. The highest BCUT2D eigenvalue weighted by Crippen LogP contribution is 2.54. The van der Waals surface area contributed by atoms with Crippen molar-refractivity contribution in [3.05, 3.63) is 0 Å². The largest absolute Gasteiger partial charge is 0.0628 e. The maximum atomic E-state index is 2.40. The van der Waals surface area contributed by atoms with Crippen LogP contribution in [0, 0.1) is 17.3 Å². The fourth-order valence-electron chi connectivity index (χ4n) is 1.84. The van der Waals surface area contributed by atoms with Gasteiger partial charge in [0.2, 0.25) is 0 Å². The molecule has 0 spiro atoms. The fraction of sp³-hybridized carbons (Fsp3) is 1.00. The predicted molar refractivity (Wildman–Crippen MR) is 50.6 cm³/mol. The van der Waals surface area contributed by atoms with Crippen LogP contribution in [0.25, 0.3) is 0 Å². The zero-order chi connectivity index (χ0) is 8.48. The molecular formula is C11H22. The van der Waals surface area contributed by atoms with Crippen LogP contribution in [0.15, 0.2) is 0 Å². The molecule has 1 saturated carbocycles. The molecule has 0 aromatic heterocycles. The average molecular weight is 154 g/mol. The molecule has 1 unspecified atom stereocenters. The lowest BCUT2D eigenvalue weighted by Crippen LogP contribution is -1.92. The van der Waals surface area contributed by atoms with Gasteiger partial charge < -0.3 is 0 Å². The van der Waals surface area contributed by atoms with Gasteiger partial charge in [0.1, 0.15) is 0 Å². The monoisotopic (exact) mass is 154 g/mol. The summed E-state index contributed by atoms with van der Waals surface area (Å²) >= 11 is 0. The summed E-state index contributed by atoms with van der Waals surface area (Å²) in [6.45, 7) is 9.43. The molecule has 0 aliphatic heterocycles. The van der Waals surface area contributed by atoms with Gasteiger partial charge in [-0.15, -0.1) is 0 Å². The molecule has 0 saturated heterocycles. The molecule has 1 aliphatic rings. The molecule has 1 aliphatic carbocycles. The van der Waals surface area contributed by atoms with E-state index in [9.17, 15) is 0 Å². The average Bonchev–Trinajstić information content (AvgIpc) is 2.39. The van der Waals surface area contributed by atoms with Crippen molar-refractivity contribution in [1.29, 1.82) is 0 Å². The van der Waals surface area contributed by atoms with Crippen molar-refractivity contribution in [3.8, 4) is 0 Å². The highest BCUT2D eigenvalue weighted by molar-refractivity contribution is 4.94. The molecule has 0 radical (unpaired) electrons. The molecule has 66 valence electrons. The van der Waals surface area contributed by atoms with E-state index in [1.54, 1.807) is 0 Å². The molecule has 0 amide bonds. The van der Waals surface area contributed by atoms with Gasteiger partial charge in [0, 0.05) is 0 Å². The van der Waals surface area contributed by atoms with E-state index in [-0.39, 0.29) is 0 Å². The molecule has 0 bridgehead atoms. The Labute approximate surface area is 71.4 Å². The Balaban J connectivity index is 1.98. The van der Waals surface area contributed by atoms with Gasteiger partial charge in [-0.1, -0.05) is 40.5 Å². The van der Waals surface area contributed by atoms with Crippen molar-refractivity contribution in [2.45, 2.75) is 53.4 Å². The van der Waals surface area contributed by atoms with Gasteiger partial charge in [0.25, 0.3) is 0 Å². The lowest BCUT2D eigenvalue weighted by molar-refractivity contribution is 0.473. The maximum Gasteiger partial charge on any atom is -0.0323 e. The fourth-order valence-corrected chi connectivity index (χ4v) is 1.84. The van der Waals surface area contributed by atoms with E-state index in [1.165, 1.54) is 25.7 Å². The zero-order valence-electron chi connectivity index (χ0n) is 8.48. The standard InChI is InChI=1S/C11H22/c1-9(2)6-5-7-10-8-11(10,3)4/h9-10H,5-8H2,1-4H3. The molecule has 1 fully saturated rings. The molecule has 0 aromatic carbocycles. The first-order chi connectivity index (χ1) is 5.02. The minimum Gasteiger partial charge on any atom is -0.0628 e. The second-order valence-corrected chi connectivity index (χ2v) is 5.21. The Bertz CT molecular complexity index is 122. The lowest BCUT2D eigenvalue weighted by Gasteiger charge is -2.05. The summed E-state index contributed by atoms with van der Waals surface area (Å²) < 4.78 is 0. The summed E-state index contributed by atoms with van der Waals surface area (Å²) in [4.78, 5) is 0. The molecular weight excluding hydrogens is 132 g/mol. The van der Waals surface area contributed by atoms with Crippen LogP contribution in [0.3, 0.4) is 0 Å². The Kier molecular flexibility index (Phi) is 2.61. The van der Waals surface area contributed by atoms with Crippen LogP contribution in [0.5, 0.6) is 0 Å². The van der Waals surface area contributed by atoms with Gasteiger partial charge in [-0.25, -0.2) is 0 Å². The zero-order valence-corrected chi connectivity index (χ0v) is 8.48. The molecule has 0 nitrogen and oxygen atoms in total. The maximum absolute atomic E-state index is 2.40. The van der Waals surface area contributed by atoms with Crippen molar-refractivity contribution in [1.82, 2.24) is 0 Å². The van der Waals surface area contributed by atoms with Crippen LogP contribution in [-0.4, -0.2) is 0 Å².